The quantitative estimate of drug-likeness (QED) is 0.331. The molecule has 0 saturated carbocycles. The molecule has 31 heavy (non-hydrogen) atoms. The molecule has 0 radical (unpaired) electrons. The number of unbranched alkanes of at least 4 members (excludes halogenated alkanes) is 5. The number of carboxylic acid groups (broad SMARTS) is 1. The molecular formula is C26H36O5. The number of allylic oxidation sites excluding steroid dienone is 2. The number of rotatable bonds is 14. The number of carboxylic acids is 1. The summed E-state index contributed by atoms with van der Waals surface area (Å²) in [7, 11) is 0. The molecule has 1 aromatic rings. The van der Waals surface area contributed by atoms with Gasteiger partial charge in [-0.1, -0.05) is 81.9 Å². The summed E-state index contributed by atoms with van der Waals surface area (Å²) in [6, 6.07) is 9.67. The van der Waals surface area contributed by atoms with Crippen molar-refractivity contribution in [2.45, 2.75) is 77.2 Å². The van der Waals surface area contributed by atoms with E-state index in [-0.39, 0.29) is 23.9 Å². The second-order valence-electron chi connectivity index (χ2n) is 8.45. The normalized spacial score (nSPS) is 20.0. The lowest BCUT2D eigenvalue weighted by Crippen LogP contribution is -2.18. The Morgan fingerprint density at radius 1 is 1.06 bits per heavy atom. The van der Waals surface area contributed by atoms with Crippen LogP contribution in [0, 0.1) is 11.8 Å². The third-order valence-electron chi connectivity index (χ3n) is 5.99. The minimum absolute atomic E-state index is 0.0649. The molecule has 170 valence electrons. The number of aliphatic hydroxyl groups is 2. The largest absolute Gasteiger partial charge is 0.512 e. The molecule has 0 heterocycles. The molecule has 0 bridgehead atoms. The van der Waals surface area contributed by atoms with Crippen molar-refractivity contribution in [3.63, 3.8) is 0 Å². The van der Waals surface area contributed by atoms with Gasteiger partial charge in [0.25, 0.3) is 0 Å². The molecule has 3 atom stereocenters. The molecule has 1 aromatic carbocycles. The predicted molar refractivity (Wildman–Crippen MR) is 123 cm³/mol. The zero-order valence-corrected chi connectivity index (χ0v) is 18.5. The summed E-state index contributed by atoms with van der Waals surface area (Å²) >= 11 is 0. The molecule has 5 nitrogen and oxygen atoms in total. The first kappa shape index (κ1) is 24.9. The Labute approximate surface area is 185 Å². The number of aliphatic carboxylic acids is 1. The van der Waals surface area contributed by atoms with E-state index in [4.69, 9.17) is 5.11 Å². The van der Waals surface area contributed by atoms with Gasteiger partial charge in [-0.3, -0.25) is 9.59 Å². The third-order valence-corrected chi connectivity index (χ3v) is 5.99. The number of benzene rings is 1. The summed E-state index contributed by atoms with van der Waals surface area (Å²) in [5.41, 5.74) is 1.67. The molecule has 1 aliphatic carbocycles. The molecule has 0 spiro atoms. The van der Waals surface area contributed by atoms with Crippen molar-refractivity contribution in [2.24, 2.45) is 11.8 Å². The summed E-state index contributed by atoms with van der Waals surface area (Å²) in [5.74, 6) is -1.55. The van der Waals surface area contributed by atoms with E-state index in [1.54, 1.807) is 0 Å². The van der Waals surface area contributed by atoms with E-state index in [1.807, 2.05) is 36.4 Å². The first-order chi connectivity index (χ1) is 14.9. The fraction of sp³-hybridized carbons (Fsp3) is 0.538. The van der Waals surface area contributed by atoms with Crippen LogP contribution in [0.3, 0.4) is 0 Å². The minimum atomic E-state index is -0.781. The average molecular weight is 429 g/mol. The molecule has 0 aromatic heterocycles. The van der Waals surface area contributed by atoms with Crippen LogP contribution in [0.25, 0.3) is 5.57 Å². The molecule has 0 unspecified atom stereocenters. The minimum Gasteiger partial charge on any atom is -0.512 e. The summed E-state index contributed by atoms with van der Waals surface area (Å²) in [6.07, 6.45) is 10.2. The van der Waals surface area contributed by atoms with Crippen LogP contribution in [0.4, 0.5) is 0 Å². The van der Waals surface area contributed by atoms with E-state index in [0.29, 0.717) is 19.3 Å². The van der Waals surface area contributed by atoms with Crippen LogP contribution < -0.4 is 0 Å². The summed E-state index contributed by atoms with van der Waals surface area (Å²) in [5, 5.41) is 30.1. The van der Waals surface area contributed by atoms with Gasteiger partial charge in [0.1, 0.15) is 5.76 Å². The van der Waals surface area contributed by atoms with Crippen molar-refractivity contribution in [3.8, 4) is 0 Å². The van der Waals surface area contributed by atoms with Gasteiger partial charge in [-0.05, 0) is 30.4 Å². The highest BCUT2D eigenvalue weighted by Gasteiger charge is 2.35. The maximum Gasteiger partial charge on any atom is 0.303 e. The Morgan fingerprint density at radius 3 is 2.45 bits per heavy atom. The van der Waals surface area contributed by atoms with E-state index in [9.17, 15) is 19.8 Å². The predicted octanol–water partition coefficient (Wildman–Crippen LogP) is 5.69. The van der Waals surface area contributed by atoms with Crippen LogP contribution in [0.2, 0.25) is 0 Å². The Bertz CT molecular complexity index is 765. The topological polar surface area (TPSA) is 94.8 Å². The molecule has 2 rings (SSSR count). The summed E-state index contributed by atoms with van der Waals surface area (Å²) in [4.78, 5) is 23.1. The average Bonchev–Trinajstić information content (AvgIpc) is 3.01. The van der Waals surface area contributed by atoms with Gasteiger partial charge in [0.2, 0.25) is 0 Å². The summed E-state index contributed by atoms with van der Waals surface area (Å²) in [6.45, 7) is 2.12. The lowest BCUT2D eigenvalue weighted by atomic mass is 9.84. The van der Waals surface area contributed by atoms with Gasteiger partial charge in [-0.15, -0.1) is 0 Å². The van der Waals surface area contributed by atoms with Crippen LogP contribution in [0.15, 0.2) is 48.2 Å². The maximum absolute atomic E-state index is 12.5. The molecule has 0 amide bonds. The number of ketones is 1. The lowest BCUT2D eigenvalue weighted by Gasteiger charge is -2.21. The van der Waals surface area contributed by atoms with Gasteiger partial charge >= 0.3 is 5.97 Å². The van der Waals surface area contributed by atoms with Crippen LogP contribution in [-0.4, -0.2) is 33.2 Å². The van der Waals surface area contributed by atoms with Crippen LogP contribution in [0.1, 0.15) is 76.7 Å². The molecule has 0 fully saturated rings. The van der Waals surface area contributed by atoms with Crippen molar-refractivity contribution in [1.29, 1.82) is 0 Å². The van der Waals surface area contributed by atoms with Gasteiger partial charge < -0.3 is 15.3 Å². The molecule has 0 aliphatic heterocycles. The fourth-order valence-electron chi connectivity index (χ4n) is 4.22. The smallest absolute Gasteiger partial charge is 0.303 e. The first-order valence-electron chi connectivity index (χ1n) is 11.6. The Kier molecular flexibility index (Phi) is 10.5. The zero-order valence-electron chi connectivity index (χ0n) is 18.5. The van der Waals surface area contributed by atoms with Gasteiger partial charge in [-0.25, -0.2) is 0 Å². The second-order valence-corrected chi connectivity index (χ2v) is 8.45. The number of carbonyl (C=O) groups excluding carboxylic acids is 1. The van der Waals surface area contributed by atoms with E-state index in [0.717, 1.165) is 49.7 Å². The number of hydrogen-bond donors (Lipinski definition) is 3. The molecule has 0 saturated heterocycles. The van der Waals surface area contributed by atoms with E-state index in [1.165, 1.54) is 6.08 Å². The van der Waals surface area contributed by atoms with E-state index >= 15 is 0 Å². The number of hydrogen-bond acceptors (Lipinski definition) is 4. The Balaban J connectivity index is 2.11. The lowest BCUT2D eigenvalue weighted by molar-refractivity contribution is -0.137. The standard InChI is InChI=1S/C26H36O5/c1-2-3-7-15-23(27)21(19-12-8-6-9-13-19)17-22-20(24(28)18-25(22)29)14-10-4-5-11-16-26(30)31/h6,8-9,12-13,17-18,20,22-23,27,29H,2-5,7,10-11,14-16H2,1H3,(H,30,31)/b21-17+/t20-,22-,23-/m1/s1. The van der Waals surface area contributed by atoms with Crippen LogP contribution in [0.5, 0.6) is 0 Å². The van der Waals surface area contributed by atoms with Crippen LogP contribution >= 0.6 is 0 Å². The molecule has 1 aliphatic rings. The van der Waals surface area contributed by atoms with Gasteiger partial charge in [0, 0.05) is 24.3 Å². The number of aliphatic hydroxyl groups excluding tert-OH is 2. The number of carbonyl (C=O) groups is 2. The SMILES string of the molecule is CCCCC[C@@H](O)/C(=C/[C@H]1C(O)=CC(=O)[C@@H]1CCCCCCC(=O)O)c1ccccc1. The second kappa shape index (κ2) is 13.1. The van der Waals surface area contributed by atoms with Crippen LogP contribution in [-0.2, 0) is 9.59 Å². The monoisotopic (exact) mass is 428 g/mol. The van der Waals surface area contributed by atoms with Crippen molar-refractivity contribution in [3.05, 3.63) is 53.8 Å². The molecule has 5 heteroatoms. The molecular weight excluding hydrogens is 392 g/mol. The first-order valence-corrected chi connectivity index (χ1v) is 11.6. The Morgan fingerprint density at radius 2 is 1.77 bits per heavy atom. The third kappa shape index (κ3) is 7.98. The highest BCUT2D eigenvalue weighted by Crippen LogP contribution is 2.36. The highest BCUT2D eigenvalue weighted by atomic mass is 16.4. The van der Waals surface area contributed by atoms with E-state index in [2.05, 4.69) is 6.92 Å². The van der Waals surface area contributed by atoms with Gasteiger partial charge in [-0.2, -0.15) is 0 Å². The van der Waals surface area contributed by atoms with Crippen molar-refractivity contribution >= 4 is 17.3 Å². The highest BCUT2D eigenvalue weighted by molar-refractivity contribution is 5.96. The van der Waals surface area contributed by atoms with Crippen molar-refractivity contribution < 1.29 is 24.9 Å². The van der Waals surface area contributed by atoms with Gasteiger partial charge in [0.15, 0.2) is 5.78 Å². The van der Waals surface area contributed by atoms with E-state index < -0.39 is 18.0 Å². The van der Waals surface area contributed by atoms with Gasteiger partial charge in [0.05, 0.1) is 6.10 Å². The summed E-state index contributed by atoms with van der Waals surface area (Å²) < 4.78 is 0. The van der Waals surface area contributed by atoms with Crippen molar-refractivity contribution in [2.75, 3.05) is 0 Å². The Hall–Kier alpha value is -2.40. The zero-order chi connectivity index (χ0) is 22.6. The molecule has 3 N–H and O–H groups in total. The van der Waals surface area contributed by atoms with Crippen molar-refractivity contribution in [1.82, 2.24) is 0 Å². The fourth-order valence-corrected chi connectivity index (χ4v) is 4.22. The maximum atomic E-state index is 12.5.